The van der Waals surface area contributed by atoms with Crippen molar-refractivity contribution in [1.82, 2.24) is 0 Å². The van der Waals surface area contributed by atoms with Crippen molar-refractivity contribution < 1.29 is 4.42 Å². The van der Waals surface area contributed by atoms with Gasteiger partial charge in [-0.25, -0.2) is 0 Å². The van der Waals surface area contributed by atoms with Crippen LogP contribution in [0.2, 0.25) is 0 Å². The molecule has 2 nitrogen and oxygen atoms in total. The third kappa shape index (κ3) is 4.64. The van der Waals surface area contributed by atoms with Gasteiger partial charge in [-0.05, 0) is 104 Å². The molecule has 0 unspecified atom stereocenters. The zero-order chi connectivity index (χ0) is 34.1. The Morgan fingerprint density at radius 2 is 1.10 bits per heavy atom. The van der Waals surface area contributed by atoms with Crippen LogP contribution in [0.3, 0.4) is 0 Å². The molecule has 242 valence electrons. The number of anilines is 3. The standard InChI is InChI=1S/C49H35NO/c1-49(2)44-21-10-8-20-42(44)47-43(30-35-15-6-7-18-39(35)48(47)49)33-23-25-36(26-24-33)50(37-17-12-16-34(29-37)32-13-4-3-5-14-32)38-27-28-41-40-19-9-11-22-45(40)51-46(41)31-38/h3-31H,1-2H3. The molecule has 0 aliphatic heterocycles. The molecule has 0 saturated carbocycles. The van der Waals surface area contributed by atoms with Gasteiger partial charge in [-0.3, -0.25) is 0 Å². The highest BCUT2D eigenvalue weighted by Gasteiger charge is 2.38. The summed E-state index contributed by atoms with van der Waals surface area (Å²) >= 11 is 0. The maximum absolute atomic E-state index is 6.38. The molecule has 1 aliphatic rings. The Morgan fingerprint density at radius 3 is 1.96 bits per heavy atom. The number of rotatable bonds is 5. The number of hydrogen-bond acceptors (Lipinski definition) is 2. The van der Waals surface area contributed by atoms with Gasteiger partial charge in [0, 0.05) is 39.3 Å². The smallest absolute Gasteiger partial charge is 0.137 e. The minimum Gasteiger partial charge on any atom is -0.456 e. The van der Waals surface area contributed by atoms with Crippen LogP contribution in [0.25, 0.3) is 66.1 Å². The van der Waals surface area contributed by atoms with Crippen molar-refractivity contribution in [2.24, 2.45) is 0 Å². The Morgan fingerprint density at radius 1 is 0.431 bits per heavy atom. The SMILES string of the molecule is CC1(C)c2ccccc2-c2c(-c3ccc(N(c4cccc(-c5ccccc5)c4)c4ccc5c(c4)oc4ccccc45)cc3)cc3ccccc3c21. The second kappa shape index (κ2) is 11.3. The molecule has 1 heterocycles. The van der Waals surface area contributed by atoms with Crippen LogP contribution in [0, 0.1) is 0 Å². The second-order valence-corrected chi connectivity index (χ2v) is 14.1. The number of furan rings is 1. The van der Waals surface area contributed by atoms with Gasteiger partial charge in [0.05, 0.1) is 0 Å². The fraction of sp³-hybridized carbons (Fsp3) is 0.0612. The first-order valence-corrected chi connectivity index (χ1v) is 17.7. The second-order valence-electron chi connectivity index (χ2n) is 14.1. The van der Waals surface area contributed by atoms with Crippen molar-refractivity contribution in [2.75, 3.05) is 4.90 Å². The van der Waals surface area contributed by atoms with E-state index in [4.69, 9.17) is 4.42 Å². The van der Waals surface area contributed by atoms with E-state index in [1.165, 1.54) is 55.3 Å². The fourth-order valence-corrected chi connectivity index (χ4v) is 8.43. The van der Waals surface area contributed by atoms with E-state index >= 15 is 0 Å². The minimum atomic E-state index is -0.0999. The van der Waals surface area contributed by atoms with E-state index in [1.54, 1.807) is 0 Å². The molecule has 0 N–H and O–H groups in total. The lowest BCUT2D eigenvalue weighted by Crippen LogP contribution is -2.15. The van der Waals surface area contributed by atoms with Gasteiger partial charge in [-0.1, -0.05) is 135 Å². The number of fused-ring (bicyclic) bond motifs is 8. The number of para-hydroxylation sites is 1. The first-order valence-electron chi connectivity index (χ1n) is 17.7. The predicted octanol–water partition coefficient (Wildman–Crippen LogP) is 13.8. The molecular formula is C49H35NO. The summed E-state index contributed by atoms with van der Waals surface area (Å²) in [5, 5.41) is 4.86. The van der Waals surface area contributed by atoms with Gasteiger partial charge in [0.1, 0.15) is 11.2 Å². The number of nitrogens with zero attached hydrogens (tertiary/aromatic N) is 1. The zero-order valence-corrected chi connectivity index (χ0v) is 28.6. The van der Waals surface area contributed by atoms with E-state index in [1.807, 2.05) is 12.1 Å². The molecule has 9 aromatic rings. The van der Waals surface area contributed by atoms with Crippen molar-refractivity contribution in [3.05, 3.63) is 187 Å². The maximum Gasteiger partial charge on any atom is 0.137 e. The quantitative estimate of drug-likeness (QED) is 0.184. The summed E-state index contributed by atoms with van der Waals surface area (Å²) in [6.07, 6.45) is 0. The highest BCUT2D eigenvalue weighted by atomic mass is 16.3. The molecule has 0 fully saturated rings. The fourth-order valence-electron chi connectivity index (χ4n) is 8.43. The molecule has 0 radical (unpaired) electrons. The molecular weight excluding hydrogens is 619 g/mol. The van der Waals surface area contributed by atoms with Gasteiger partial charge in [-0.15, -0.1) is 0 Å². The summed E-state index contributed by atoms with van der Waals surface area (Å²) in [6.45, 7) is 4.74. The van der Waals surface area contributed by atoms with Crippen molar-refractivity contribution in [3.63, 3.8) is 0 Å². The van der Waals surface area contributed by atoms with Crippen LogP contribution in [0.5, 0.6) is 0 Å². The normalized spacial score (nSPS) is 13.1. The van der Waals surface area contributed by atoms with Crippen LogP contribution >= 0.6 is 0 Å². The van der Waals surface area contributed by atoms with Gasteiger partial charge >= 0.3 is 0 Å². The summed E-state index contributed by atoms with van der Waals surface area (Å²) in [5.74, 6) is 0. The molecule has 0 saturated heterocycles. The Hall–Kier alpha value is -6.38. The van der Waals surface area contributed by atoms with Crippen LogP contribution in [0.4, 0.5) is 17.1 Å². The number of benzene rings is 8. The summed E-state index contributed by atoms with van der Waals surface area (Å²) in [7, 11) is 0. The average molecular weight is 654 g/mol. The Balaban J connectivity index is 1.15. The van der Waals surface area contributed by atoms with Gasteiger partial charge in [0.2, 0.25) is 0 Å². The molecule has 2 heteroatoms. The van der Waals surface area contributed by atoms with Crippen LogP contribution in [0.15, 0.2) is 180 Å². The number of hydrogen-bond donors (Lipinski definition) is 0. The van der Waals surface area contributed by atoms with Gasteiger partial charge in [0.25, 0.3) is 0 Å². The highest BCUT2D eigenvalue weighted by Crippen LogP contribution is 2.55. The third-order valence-corrected chi connectivity index (χ3v) is 10.8. The average Bonchev–Trinajstić information content (AvgIpc) is 3.67. The largest absolute Gasteiger partial charge is 0.456 e. The van der Waals surface area contributed by atoms with E-state index < -0.39 is 0 Å². The lowest BCUT2D eigenvalue weighted by atomic mass is 9.79. The maximum atomic E-state index is 6.38. The third-order valence-electron chi connectivity index (χ3n) is 10.8. The Kier molecular flexibility index (Phi) is 6.56. The molecule has 1 aromatic heterocycles. The molecule has 51 heavy (non-hydrogen) atoms. The Labute approximate surface area is 297 Å². The van der Waals surface area contributed by atoms with E-state index in [0.29, 0.717) is 0 Å². The topological polar surface area (TPSA) is 16.4 Å². The first kappa shape index (κ1) is 29.5. The van der Waals surface area contributed by atoms with Crippen molar-refractivity contribution in [1.29, 1.82) is 0 Å². The zero-order valence-electron chi connectivity index (χ0n) is 28.6. The lowest BCUT2D eigenvalue weighted by Gasteiger charge is -2.26. The van der Waals surface area contributed by atoms with Gasteiger partial charge in [-0.2, -0.15) is 0 Å². The summed E-state index contributed by atoms with van der Waals surface area (Å²) in [4.78, 5) is 2.34. The molecule has 1 aliphatic carbocycles. The van der Waals surface area contributed by atoms with Crippen LogP contribution in [0.1, 0.15) is 25.0 Å². The van der Waals surface area contributed by atoms with E-state index in [2.05, 4.69) is 183 Å². The molecule has 0 spiro atoms. The Bertz CT molecular complexity index is 2770. The lowest BCUT2D eigenvalue weighted by molar-refractivity contribution is 0.666. The molecule has 0 amide bonds. The predicted molar refractivity (Wildman–Crippen MR) is 214 cm³/mol. The van der Waals surface area contributed by atoms with E-state index in [9.17, 15) is 0 Å². The van der Waals surface area contributed by atoms with Crippen LogP contribution < -0.4 is 4.90 Å². The van der Waals surface area contributed by atoms with Gasteiger partial charge < -0.3 is 9.32 Å². The highest BCUT2D eigenvalue weighted by molar-refractivity contribution is 6.07. The van der Waals surface area contributed by atoms with Crippen LogP contribution in [-0.4, -0.2) is 0 Å². The van der Waals surface area contributed by atoms with Crippen molar-refractivity contribution >= 4 is 49.8 Å². The summed E-state index contributed by atoms with van der Waals surface area (Å²) in [6, 6.07) is 63.5. The molecule has 0 bridgehead atoms. The first-order chi connectivity index (χ1) is 25.0. The minimum absolute atomic E-state index is 0.0999. The van der Waals surface area contributed by atoms with E-state index in [-0.39, 0.29) is 5.41 Å². The van der Waals surface area contributed by atoms with Gasteiger partial charge in [0.15, 0.2) is 0 Å². The van der Waals surface area contributed by atoms with Crippen molar-refractivity contribution in [2.45, 2.75) is 19.3 Å². The monoisotopic (exact) mass is 653 g/mol. The summed E-state index contributed by atoms with van der Waals surface area (Å²) < 4.78 is 6.38. The molecule has 0 atom stereocenters. The summed E-state index contributed by atoms with van der Waals surface area (Å²) in [5.41, 5.74) is 15.2. The van der Waals surface area contributed by atoms with Crippen molar-refractivity contribution in [3.8, 4) is 33.4 Å². The van der Waals surface area contributed by atoms with E-state index in [0.717, 1.165) is 39.0 Å². The molecule has 8 aromatic carbocycles. The molecule has 10 rings (SSSR count). The van der Waals surface area contributed by atoms with Crippen LogP contribution in [-0.2, 0) is 5.41 Å².